The van der Waals surface area contributed by atoms with Crippen molar-refractivity contribution in [2.45, 2.75) is 44.4 Å². The molecule has 0 spiro atoms. The van der Waals surface area contributed by atoms with Crippen molar-refractivity contribution in [1.82, 2.24) is 0 Å². The van der Waals surface area contributed by atoms with E-state index in [1.54, 1.807) is 18.9 Å². The molecule has 3 aromatic rings. The minimum atomic E-state index is -0.153. The van der Waals surface area contributed by atoms with Gasteiger partial charge in [0.25, 0.3) is 5.91 Å². The number of hydrogen-bond acceptors (Lipinski definition) is 4. The van der Waals surface area contributed by atoms with Crippen LogP contribution in [0.1, 0.15) is 59.5 Å². The summed E-state index contributed by atoms with van der Waals surface area (Å²) in [5.41, 5.74) is 4.41. The number of amides is 2. The molecular formula is C29H32N2O3S. The molecule has 5 nitrogen and oxygen atoms in total. The highest BCUT2D eigenvalue weighted by molar-refractivity contribution is 8.00. The van der Waals surface area contributed by atoms with Gasteiger partial charge in [0.1, 0.15) is 11.1 Å². The van der Waals surface area contributed by atoms with Gasteiger partial charge in [-0.3, -0.25) is 14.5 Å². The van der Waals surface area contributed by atoms with Crippen molar-refractivity contribution in [2.75, 3.05) is 23.1 Å². The Bertz CT molecular complexity index is 1150. The van der Waals surface area contributed by atoms with Crippen LogP contribution < -0.4 is 15.0 Å². The molecule has 1 aliphatic rings. The monoisotopic (exact) mass is 488 g/mol. The minimum absolute atomic E-state index is 0.0642. The summed E-state index contributed by atoms with van der Waals surface area (Å²) in [6.45, 7) is 2.21. The van der Waals surface area contributed by atoms with E-state index in [-0.39, 0.29) is 17.2 Å². The molecule has 2 amide bonds. The maximum absolute atomic E-state index is 12.9. The third kappa shape index (κ3) is 6.25. The Kier molecular flexibility index (Phi) is 8.48. The maximum Gasteiger partial charge on any atom is 0.255 e. The second kappa shape index (κ2) is 11.9. The van der Waals surface area contributed by atoms with Crippen LogP contribution >= 0.6 is 11.8 Å². The van der Waals surface area contributed by atoms with E-state index in [9.17, 15) is 9.59 Å². The zero-order valence-corrected chi connectivity index (χ0v) is 21.1. The van der Waals surface area contributed by atoms with E-state index in [4.69, 9.17) is 4.74 Å². The summed E-state index contributed by atoms with van der Waals surface area (Å²) < 4.78 is 5.24. The number of ether oxygens (including phenoxy) is 1. The highest BCUT2D eigenvalue weighted by atomic mass is 32.2. The van der Waals surface area contributed by atoms with Crippen molar-refractivity contribution in [1.29, 1.82) is 0 Å². The van der Waals surface area contributed by atoms with E-state index >= 15 is 0 Å². The molecular weight excluding hydrogens is 456 g/mol. The van der Waals surface area contributed by atoms with E-state index < -0.39 is 0 Å². The number of nitrogens with one attached hydrogen (secondary N) is 1. The summed E-state index contributed by atoms with van der Waals surface area (Å²) in [7, 11) is 1.62. The van der Waals surface area contributed by atoms with Crippen molar-refractivity contribution in [2.24, 2.45) is 0 Å². The van der Waals surface area contributed by atoms with Crippen LogP contribution in [0.4, 0.5) is 11.4 Å². The van der Waals surface area contributed by atoms with Gasteiger partial charge in [-0.15, -0.1) is 11.8 Å². The zero-order chi connectivity index (χ0) is 24.6. The van der Waals surface area contributed by atoms with Gasteiger partial charge in [0.05, 0.1) is 12.9 Å². The van der Waals surface area contributed by atoms with Crippen molar-refractivity contribution >= 4 is 35.0 Å². The molecule has 35 heavy (non-hydrogen) atoms. The number of carbonyl (C=O) groups is 2. The average molecular weight is 489 g/mol. The lowest BCUT2D eigenvalue weighted by Crippen LogP contribution is -2.27. The SMILES string of the molecule is CCCCCCc1ccc(C(=O)Nc2cccc(C3SCC(=O)N3c3ccc(OC)cc3)c2)cc1. The lowest BCUT2D eigenvalue weighted by Gasteiger charge is -2.25. The molecule has 0 aromatic heterocycles. The minimum Gasteiger partial charge on any atom is -0.497 e. The van der Waals surface area contributed by atoms with Crippen LogP contribution in [0.5, 0.6) is 5.75 Å². The van der Waals surface area contributed by atoms with E-state index in [0.717, 1.165) is 23.4 Å². The Balaban J connectivity index is 1.43. The fourth-order valence-corrected chi connectivity index (χ4v) is 5.41. The Labute approximate surface area is 211 Å². The number of thioether (sulfide) groups is 1. The number of benzene rings is 3. The predicted octanol–water partition coefficient (Wildman–Crippen LogP) is 6.85. The maximum atomic E-state index is 12.9. The first-order valence-electron chi connectivity index (χ1n) is 12.2. The van der Waals surface area contributed by atoms with Gasteiger partial charge >= 0.3 is 0 Å². The normalized spacial score (nSPS) is 15.3. The van der Waals surface area contributed by atoms with Crippen LogP contribution in [0.25, 0.3) is 0 Å². The van der Waals surface area contributed by atoms with Crippen LogP contribution in [-0.4, -0.2) is 24.7 Å². The van der Waals surface area contributed by atoms with E-state index in [0.29, 0.717) is 17.0 Å². The topological polar surface area (TPSA) is 58.6 Å². The van der Waals surface area contributed by atoms with Crippen LogP contribution in [0.3, 0.4) is 0 Å². The predicted molar refractivity (Wildman–Crippen MR) is 144 cm³/mol. The number of carbonyl (C=O) groups excluding carboxylic acids is 2. The number of nitrogens with zero attached hydrogens (tertiary/aromatic N) is 1. The summed E-state index contributed by atoms with van der Waals surface area (Å²) in [6.07, 6.45) is 5.98. The van der Waals surface area contributed by atoms with Crippen molar-refractivity contribution in [3.05, 3.63) is 89.5 Å². The zero-order valence-electron chi connectivity index (χ0n) is 20.3. The van der Waals surface area contributed by atoms with Crippen LogP contribution in [0.2, 0.25) is 0 Å². The summed E-state index contributed by atoms with van der Waals surface area (Å²) in [4.78, 5) is 27.4. The van der Waals surface area contributed by atoms with Crippen LogP contribution in [0.15, 0.2) is 72.8 Å². The standard InChI is InChI=1S/C29H32N2O3S/c1-3-4-5-6-8-21-11-13-22(14-12-21)28(33)30-24-10-7-9-23(19-24)29-31(27(32)20-35-29)25-15-17-26(34-2)18-16-25/h7,9-19,29H,3-6,8,20H2,1-2H3,(H,30,33). The van der Waals surface area contributed by atoms with Gasteiger partial charge in [0.2, 0.25) is 5.91 Å². The van der Waals surface area contributed by atoms with Gasteiger partial charge in [-0.2, -0.15) is 0 Å². The fraction of sp³-hybridized carbons (Fsp3) is 0.310. The molecule has 0 saturated carbocycles. The first-order chi connectivity index (χ1) is 17.1. The largest absolute Gasteiger partial charge is 0.497 e. The third-order valence-electron chi connectivity index (χ3n) is 6.18. The van der Waals surface area contributed by atoms with Crippen LogP contribution in [-0.2, 0) is 11.2 Å². The second-order valence-electron chi connectivity index (χ2n) is 8.71. The molecule has 1 N–H and O–H groups in total. The number of hydrogen-bond donors (Lipinski definition) is 1. The molecule has 1 atom stereocenters. The molecule has 0 aliphatic carbocycles. The fourth-order valence-electron chi connectivity index (χ4n) is 4.24. The Morgan fingerprint density at radius 1 is 1.03 bits per heavy atom. The van der Waals surface area contributed by atoms with Gasteiger partial charge < -0.3 is 10.1 Å². The second-order valence-corrected chi connectivity index (χ2v) is 9.78. The first-order valence-corrected chi connectivity index (χ1v) is 13.2. The Morgan fingerprint density at radius 2 is 1.80 bits per heavy atom. The molecule has 1 fully saturated rings. The first kappa shape index (κ1) is 24.9. The average Bonchev–Trinajstić information content (AvgIpc) is 3.28. The Morgan fingerprint density at radius 3 is 2.51 bits per heavy atom. The molecule has 1 unspecified atom stereocenters. The van der Waals surface area contributed by atoms with E-state index in [1.165, 1.54) is 31.2 Å². The lowest BCUT2D eigenvalue weighted by atomic mass is 10.0. The summed E-state index contributed by atoms with van der Waals surface area (Å²) in [6, 6.07) is 23.1. The molecule has 0 bridgehead atoms. The number of aryl methyl sites for hydroxylation is 1. The molecule has 3 aromatic carbocycles. The van der Waals surface area contributed by atoms with Gasteiger partial charge in [0, 0.05) is 16.9 Å². The molecule has 1 saturated heterocycles. The van der Waals surface area contributed by atoms with Gasteiger partial charge in [-0.25, -0.2) is 0 Å². The third-order valence-corrected chi connectivity index (χ3v) is 7.40. The molecule has 6 heteroatoms. The van der Waals surface area contributed by atoms with Crippen molar-refractivity contribution in [3.63, 3.8) is 0 Å². The summed E-state index contributed by atoms with van der Waals surface area (Å²) in [5.74, 6) is 1.09. The summed E-state index contributed by atoms with van der Waals surface area (Å²) >= 11 is 1.58. The molecule has 0 radical (unpaired) electrons. The smallest absolute Gasteiger partial charge is 0.255 e. The van der Waals surface area contributed by atoms with E-state index in [1.807, 2.05) is 77.7 Å². The van der Waals surface area contributed by atoms with Gasteiger partial charge in [-0.1, -0.05) is 50.5 Å². The van der Waals surface area contributed by atoms with Gasteiger partial charge in [0.15, 0.2) is 0 Å². The quantitative estimate of drug-likeness (QED) is 0.317. The Hall–Kier alpha value is -3.25. The number of anilines is 2. The number of methoxy groups -OCH3 is 1. The highest BCUT2D eigenvalue weighted by Gasteiger charge is 2.34. The molecule has 1 aliphatic heterocycles. The van der Waals surface area contributed by atoms with E-state index in [2.05, 4.69) is 12.2 Å². The molecule has 1 heterocycles. The lowest BCUT2D eigenvalue weighted by molar-refractivity contribution is -0.115. The highest BCUT2D eigenvalue weighted by Crippen LogP contribution is 2.42. The molecule has 182 valence electrons. The van der Waals surface area contributed by atoms with Crippen LogP contribution in [0, 0.1) is 0 Å². The van der Waals surface area contributed by atoms with Gasteiger partial charge in [-0.05, 0) is 72.5 Å². The van der Waals surface area contributed by atoms with Crippen molar-refractivity contribution < 1.29 is 14.3 Å². The number of rotatable bonds is 10. The molecule has 4 rings (SSSR count). The van der Waals surface area contributed by atoms with Crippen molar-refractivity contribution in [3.8, 4) is 5.75 Å². The summed E-state index contributed by atoms with van der Waals surface area (Å²) in [5, 5.41) is 2.86. The number of unbranched alkanes of at least 4 members (excludes halogenated alkanes) is 3.